The molecule has 1 saturated carbocycles. The van der Waals surface area contributed by atoms with E-state index in [2.05, 4.69) is 6.07 Å². The number of carbonyl (C=O) groups is 1. The van der Waals surface area contributed by atoms with Crippen molar-refractivity contribution in [3.8, 4) is 17.6 Å². The number of fused-ring (bicyclic) bond motifs is 1. The van der Waals surface area contributed by atoms with Crippen molar-refractivity contribution in [3.05, 3.63) is 71.3 Å². The third-order valence-electron chi connectivity index (χ3n) is 6.26. The second-order valence-electron chi connectivity index (χ2n) is 8.00. The van der Waals surface area contributed by atoms with Gasteiger partial charge >= 0.3 is 0 Å². The number of ether oxygens (including phenoxy) is 2. The molecule has 0 heterocycles. The van der Waals surface area contributed by atoms with E-state index in [9.17, 15) is 10.1 Å². The van der Waals surface area contributed by atoms with Gasteiger partial charge in [0, 0.05) is 5.57 Å². The predicted octanol–water partition coefficient (Wildman–Crippen LogP) is 3.90. The van der Waals surface area contributed by atoms with Crippen molar-refractivity contribution >= 4 is 5.91 Å². The molecular formula is C24H24N2O4. The Morgan fingerprint density at radius 1 is 1.23 bits per heavy atom. The zero-order valence-corrected chi connectivity index (χ0v) is 16.8. The molecule has 30 heavy (non-hydrogen) atoms. The van der Waals surface area contributed by atoms with Crippen LogP contribution in [0.15, 0.2) is 60.2 Å². The Morgan fingerprint density at radius 2 is 2.03 bits per heavy atom. The van der Waals surface area contributed by atoms with Crippen molar-refractivity contribution in [2.75, 3.05) is 7.11 Å². The van der Waals surface area contributed by atoms with E-state index in [-0.39, 0.29) is 11.8 Å². The molecule has 0 unspecified atom stereocenters. The lowest BCUT2D eigenvalue weighted by Crippen LogP contribution is -2.23. The summed E-state index contributed by atoms with van der Waals surface area (Å²) in [5.74, 6) is 1.15. The Labute approximate surface area is 175 Å². The number of amides is 1. The van der Waals surface area contributed by atoms with Gasteiger partial charge in [-0.2, -0.15) is 5.26 Å². The lowest BCUT2D eigenvalue weighted by atomic mass is 9.78. The van der Waals surface area contributed by atoms with E-state index in [4.69, 9.17) is 14.7 Å². The maximum atomic E-state index is 11.7. The lowest BCUT2D eigenvalue weighted by molar-refractivity contribution is -0.125. The van der Waals surface area contributed by atoms with Gasteiger partial charge in [0.2, 0.25) is 0 Å². The van der Waals surface area contributed by atoms with Crippen LogP contribution in [-0.4, -0.2) is 18.2 Å². The summed E-state index contributed by atoms with van der Waals surface area (Å²) in [6, 6.07) is 18.1. The van der Waals surface area contributed by atoms with Crippen molar-refractivity contribution in [1.29, 1.82) is 5.26 Å². The number of benzene rings is 2. The van der Waals surface area contributed by atoms with Crippen molar-refractivity contribution in [2.45, 2.75) is 31.3 Å². The van der Waals surface area contributed by atoms with Crippen LogP contribution in [0.4, 0.5) is 0 Å². The van der Waals surface area contributed by atoms with Crippen molar-refractivity contribution in [1.82, 2.24) is 5.48 Å². The smallest absolute Gasteiger partial charge is 0.270 e. The van der Waals surface area contributed by atoms with Gasteiger partial charge in [-0.05, 0) is 54.4 Å². The highest BCUT2D eigenvalue weighted by molar-refractivity contribution is 5.93. The Balaban J connectivity index is 1.58. The standard InChI is InChI=1S/C24H24N2O4/c1-29-21-8-7-20(11-22(21)30-14-16-5-3-2-4-6-16)24(15-25)12-18-9-17(23(27)26-28)10-19(18)13-24/h2-9,11,18-19,28H,10,12-14H2,1H3,(H,26,27)/t18-,19+,24-/m0/s1. The summed E-state index contributed by atoms with van der Waals surface area (Å²) in [5, 5.41) is 19.0. The van der Waals surface area contributed by atoms with Crippen LogP contribution in [0.2, 0.25) is 0 Å². The van der Waals surface area contributed by atoms with Crippen LogP contribution in [-0.2, 0) is 16.8 Å². The number of methoxy groups -OCH3 is 1. The Morgan fingerprint density at radius 3 is 2.70 bits per heavy atom. The summed E-state index contributed by atoms with van der Waals surface area (Å²) in [5.41, 5.74) is 3.63. The van der Waals surface area contributed by atoms with Gasteiger partial charge in [-0.3, -0.25) is 10.0 Å². The number of hydrogen-bond donors (Lipinski definition) is 2. The predicted molar refractivity (Wildman–Crippen MR) is 110 cm³/mol. The van der Waals surface area contributed by atoms with Gasteiger partial charge in [-0.15, -0.1) is 0 Å². The molecule has 3 atom stereocenters. The molecule has 2 aromatic rings. The number of nitriles is 1. The number of hydroxylamine groups is 1. The van der Waals surface area contributed by atoms with E-state index < -0.39 is 11.3 Å². The summed E-state index contributed by atoms with van der Waals surface area (Å²) in [7, 11) is 1.60. The summed E-state index contributed by atoms with van der Waals surface area (Å²) >= 11 is 0. The zero-order chi connectivity index (χ0) is 21.1. The fourth-order valence-electron chi connectivity index (χ4n) is 4.73. The molecule has 0 aromatic heterocycles. The van der Waals surface area contributed by atoms with Crippen molar-refractivity contribution in [2.24, 2.45) is 11.8 Å². The molecule has 1 amide bonds. The van der Waals surface area contributed by atoms with Crippen LogP contribution in [0.25, 0.3) is 0 Å². The van der Waals surface area contributed by atoms with Crippen LogP contribution < -0.4 is 15.0 Å². The van der Waals surface area contributed by atoms with E-state index in [1.165, 1.54) is 0 Å². The molecule has 0 spiro atoms. The zero-order valence-electron chi connectivity index (χ0n) is 16.8. The highest BCUT2D eigenvalue weighted by Crippen LogP contribution is 2.53. The second kappa shape index (κ2) is 8.21. The van der Waals surface area contributed by atoms with Crippen LogP contribution in [0, 0.1) is 23.2 Å². The first-order valence-electron chi connectivity index (χ1n) is 10.00. The first-order valence-corrected chi connectivity index (χ1v) is 10.00. The maximum absolute atomic E-state index is 11.7. The summed E-state index contributed by atoms with van der Waals surface area (Å²) in [6.45, 7) is 0.411. The summed E-state index contributed by atoms with van der Waals surface area (Å²) in [4.78, 5) is 11.7. The molecule has 2 aliphatic carbocycles. The largest absolute Gasteiger partial charge is 0.493 e. The van der Waals surface area contributed by atoms with Gasteiger partial charge in [0.15, 0.2) is 11.5 Å². The monoisotopic (exact) mass is 404 g/mol. The molecule has 6 heteroatoms. The molecule has 2 N–H and O–H groups in total. The normalized spacial score (nSPS) is 24.5. The number of allylic oxidation sites excluding steroid dienone is 1. The average molecular weight is 404 g/mol. The number of hydrogen-bond acceptors (Lipinski definition) is 5. The molecule has 0 radical (unpaired) electrons. The molecule has 0 bridgehead atoms. The minimum Gasteiger partial charge on any atom is -0.493 e. The van der Waals surface area contributed by atoms with Gasteiger partial charge in [-0.1, -0.05) is 42.5 Å². The van der Waals surface area contributed by atoms with E-state index >= 15 is 0 Å². The quantitative estimate of drug-likeness (QED) is 0.563. The Kier molecular flexibility index (Phi) is 5.47. The van der Waals surface area contributed by atoms with Crippen LogP contribution in [0.1, 0.15) is 30.4 Å². The molecule has 4 rings (SSSR count). The fourth-order valence-corrected chi connectivity index (χ4v) is 4.73. The topological polar surface area (TPSA) is 91.6 Å². The second-order valence-corrected chi connectivity index (χ2v) is 8.00. The minimum atomic E-state index is -0.635. The van der Waals surface area contributed by atoms with E-state index in [1.54, 1.807) is 12.6 Å². The molecule has 2 aliphatic rings. The van der Waals surface area contributed by atoms with Gasteiger partial charge in [0.05, 0.1) is 18.6 Å². The molecule has 1 fully saturated rings. The average Bonchev–Trinajstić information content (AvgIpc) is 3.34. The molecular weight excluding hydrogens is 380 g/mol. The minimum absolute atomic E-state index is 0.146. The van der Waals surface area contributed by atoms with Gasteiger partial charge in [0.1, 0.15) is 6.61 Å². The summed E-state index contributed by atoms with van der Waals surface area (Å²) in [6.07, 6.45) is 3.79. The van der Waals surface area contributed by atoms with Gasteiger partial charge < -0.3 is 9.47 Å². The highest BCUT2D eigenvalue weighted by atomic mass is 16.5. The summed E-state index contributed by atoms with van der Waals surface area (Å²) < 4.78 is 11.5. The number of rotatable bonds is 6. The fraction of sp³-hybridized carbons (Fsp3) is 0.333. The van der Waals surface area contributed by atoms with E-state index in [1.807, 2.05) is 54.6 Å². The molecule has 0 aliphatic heterocycles. The molecule has 0 saturated heterocycles. The first-order chi connectivity index (χ1) is 14.6. The van der Waals surface area contributed by atoms with Crippen LogP contribution in [0.5, 0.6) is 11.5 Å². The van der Waals surface area contributed by atoms with E-state index in [0.717, 1.165) is 11.1 Å². The third kappa shape index (κ3) is 3.64. The lowest BCUT2D eigenvalue weighted by Gasteiger charge is -2.24. The number of nitrogens with one attached hydrogen (secondary N) is 1. The maximum Gasteiger partial charge on any atom is 0.270 e. The Hall–Kier alpha value is -3.30. The highest BCUT2D eigenvalue weighted by Gasteiger charge is 2.49. The SMILES string of the molecule is COc1ccc([C@]2(C#N)C[C@H]3CC(C(=O)NO)=C[C@H]3C2)cc1OCc1ccccc1. The van der Waals surface area contributed by atoms with E-state index in [0.29, 0.717) is 42.9 Å². The van der Waals surface area contributed by atoms with Crippen molar-refractivity contribution in [3.63, 3.8) is 0 Å². The third-order valence-corrected chi connectivity index (χ3v) is 6.26. The molecule has 154 valence electrons. The number of nitrogens with zero attached hydrogens (tertiary/aromatic N) is 1. The van der Waals surface area contributed by atoms with Crippen molar-refractivity contribution < 1.29 is 19.5 Å². The van der Waals surface area contributed by atoms with Gasteiger partial charge in [0.25, 0.3) is 5.91 Å². The van der Waals surface area contributed by atoms with Crippen LogP contribution >= 0.6 is 0 Å². The Bertz CT molecular complexity index is 1010. The molecule has 6 nitrogen and oxygen atoms in total. The first kappa shape index (κ1) is 20.0. The number of carbonyl (C=O) groups excluding carboxylic acids is 1. The van der Waals surface area contributed by atoms with Crippen LogP contribution in [0.3, 0.4) is 0 Å². The van der Waals surface area contributed by atoms with Gasteiger partial charge in [-0.25, -0.2) is 5.48 Å². The molecule has 2 aromatic carbocycles.